The maximum Gasteiger partial charge on any atom is 0.243 e. The smallest absolute Gasteiger partial charge is 0.243 e. The number of aromatic amines is 1. The van der Waals surface area contributed by atoms with Gasteiger partial charge < -0.3 is 15.5 Å². The van der Waals surface area contributed by atoms with Gasteiger partial charge in [0.25, 0.3) is 0 Å². The van der Waals surface area contributed by atoms with Crippen molar-refractivity contribution in [2.45, 2.75) is 76.4 Å². The van der Waals surface area contributed by atoms with Crippen molar-refractivity contribution < 1.29 is 9.59 Å². The molecule has 7 heteroatoms. The Bertz CT molecular complexity index is 760. The van der Waals surface area contributed by atoms with Gasteiger partial charge in [0.05, 0.1) is 12.2 Å². The summed E-state index contributed by atoms with van der Waals surface area (Å²) < 4.78 is 0. The van der Waals surface area contributed by atoms with Crippen molar-refractivity contribution in [1.82, 2.24) is 25.7 Å². The van der Waals surface area contributed by atoms with Gasteiger partial charge in [-0.25, -0.2) is 0 Å². The number of carbonyl (C=O) groups excluding carboxylic acids is 2. The fourth-order valence-corrected chi connectivity index (χ4v) is 6.00. The maximum absolute atomic E-state index is 13.3. The minimum absolute atomic E-state index is 0.00206. The number of amides is 2. The molecule has 2 amide bonds. The van der Waals surface area contributed by atoms with Crippen LogP contribution in [0.25, 0.3) is 0 Å². The average Bonchev–Trinajstić information content (AvgIpc) is 2.93. The number of fused-ring (bicyclic) bond motifs is 5. The summed E-state index contributed by atoms with van der Waals surface area (Å²) in [7, 11) is 0. The van der Waals surface area contributed by atoms with Crippen molar-refractivity contribution in [3.05, 3.63) is 17.0 Å². The third-order valence-electron chi connectivity index (χ3n) is 7.34. The van der Waals surface area contributed by atoms with Gasteiger partial charge in [0.15, 0.2) is 0 Å². The highest BCUT2D eigenvalue weighted by Gasteiger charge is 2.50. The van der Waals surface area contributed by atoms with Gasteiger partial charge >= 0.3 is 0 Å². The zero-order valence-electron chi connectivity index (χ0n) is 16.5. The van der Waals surface area contributed by atoms with E-state index in [4.69, 9.17) is 0 Å². The van der Waals surface area contributed by atoms with Gasteiger partial charge in [-0.2, -0.15) is 5.10 Å². The first-order valence-corrected chi connectivity index (χ1v) is 11.1. The van der Waals surface area contributed by atoms with E-state index in [1.54, 1.807) is 0 Å². The van der Waals surface area contributed by atoms with Crippen LogP contribution >= 0.6 is 0 Å². The number of rotatable bonds is 3. The largest absolute Gasteiger partial charge is 0.349 e. The minimum atomic E-state index is -0.334. The molecule has 4 heterocycles. The summed E-state index contributed by atoms with van der Waals surface area (Å²) in [5, 5.41) is 14.3. The van der Waals surface area contributed by atoms with Gasteiger partial charge in [-0.1, -0.05) is 6.42 Å². The summed E-state index contributed by atoms with van der Waals surface area (Å²) in [5.74, 6) is 0.877. The van der Waals surface area contributed by atoms with Crippen molar-refractivity contribution in [3.63, 3.8) is 0 Å². The van der Waals surface area contributed by atoms with E-state index in [-0.39, 0.29) is 29.8 Å². The van der Waals surface area contributed by atoms with E-state index in [2.05, 4.69) is 20.8 Å². The minimum Gasteiger partial charge on any atom is -0.349 e. The number of H-pyrrole nitrogens is 1. The third-order valence-corrected chi connectivity index (χ3v) is 7.34. The Hall–Kier alpha value is -1.89. The molecule has 4 aliphatic rings. The Morgan fingerprint density at radius 2 is 1.96 bits per heavy atom. The van der Waals surface area contributed by atoms with Crippen molar-refractivity contribution in [1.29, 1.82) is 0 Å². The predicted molar refractivity (Wildman–Crippen MR) is 104 cm³/mol. The molecule has 2 bridgehead atoms. The second-order valence-electron chi connectivity index (χ2n) is 9.03. The number of nitrogens with zero attached hydrogens (tertiary/aromatic N) is 2. The highest BCUT2D eigenvalue weighted by Crippen LogP contribution is 2.39. The number of piperidine rings is 3. The lowest BCUT2D eigenvalue weighted by atomic mass is 9.72. The molecule has 152 valence electrons. The summed E-state index contributed by atoms with van der Waals surface area (Å²) >= 11 is 0. The van der Waals surface area contributed by atoms with Crippen LogP contribution in [0.15, 0.2) is 0 Å². The van der Waals surface area contributed by atoms with Crippen molar-refractivity contribution >= 4 is 11.8 Å². The first-order chi connectivity index (χ1) is 13.7. The van der Waals surface area contributed by atoms with E-state index in [0.29, 0.717) is 18.9 Å². The Labute approximate surface area is 166 Å². The third kappa shape index (κ3) is 3.13. The van der Waals surface area contributed by atoms with Crippen LogP contribution in [0.5, 0.6) is 0 Å². The number of hydrogen-bond donors (Lipinski definition) is 3. The maximum atomic E-state index is 13.3. The van der Waals surface area contributed by atoms with Crippen LogP contribution in [-0.4, -0.2) is 52.1 Å². The Morgan fingerprint density at radius 3 is 2.89 bits per heavy atom. The van der Waals surface area contributed by atoms with Crippen LogP contribution in [0.2, 0.25) is 0 Å². The molecule has 1 aromatic rings. The topological polar surface area (TPSA) is 90.1 Å². The van der Waals surface area contributed by atoms with Crippen molar-refractivity contribution in [3.8, 4) is 0 Å². The molecule has 0 aromatic carbocycles. The summed E-state index contributed by atoms with van der Waals surface area (Å²) in [6.45, 7) is 2.25. The lowest BCUT2D eigenvalue weighted by Crippen LogP contribution is -2.67. The molecule has 1 aromatic heterocycles. The van der Waals surface area contributed by atoms with Crippen LogP contribution < -0.4 is 10.6 Å². The number of hydrogen-bond acceptors (Lipinski definition) is 4. The van der Waals surface area contributed by atoms with Gasteiger partial charge in [0.1, 0.15) is 6.04 Å². The van der Waals surface area contributed by atoms with Gasteiger partial charge in [-0.15, -0.1) is 0 Å². The summed E-state index contributed by atoms with van der Waals surface area (Å²) in [5.41, 5.74) is 3.51. The first-order valence-electron chi connectivity index (χ1n) is 11.1. The lowest BCUT2D eigenvalue weighted by molar-refractivity contribution is -0.157. The van der Waals surface area contributed by atoms with Gasteiger partial charge in [0.2, 0.25) is 11.8 Å². The SMILES string of the molecule is O=C(NCc1n[nH]c2c1CCCCC2)[C@H]1[C@@H]2CNC[C@@H](C2)[C@@H]2CCCC(=O)N21. The van der Waals surface area contributed by atoms with Gasteiger partial charge in [-0.3, -0.25) is 14.7 Å². The zero-order chi connectivity index (χ0) is 19.1. The molecule has 0 radical (unpaired) electrons. The molecule has 3 aliphatic heterocycles. The fraction of sp³-hybridized carbons (Fsp3) is 0.762. The fourth-order valence-electron chi connectivity index (χ4n) is 6.00. The molecule has 28 heavy (non-hydrogen) atoms. The molecule has 7 nitrogen and oxygen atoms in total. The van der Waals surface area contributed by atoms with E-state index in [1.165, 1.54) is 30.5 Å². The molecule has 3 fully saturated rings. The van der Waals surface area contributed by atoms with Crippen molar-refractivity contribution in [2.24, 2.45) is 11.8 Å². The van der Waals surface area contributed by atoms with E-state index in [0.717, 1.165) is 50.9 Å². The second-order valence-corrected chi connectivity index (χ2v) is 9.03. The molecule has 3 N–H and O–H groups in total. The molecule has 0 unspecified atom stereocenters. The molecule has 1 aliphatic carbocycles. The van der Waals surface area contributed by atoms with E-state index >= 15 is 0 Å². The van der Waals surface area contributed by atoms with Crippen LogP contribution in [0, 0.1) is 11.8 Å². The van der Waals surface area contributed by atoms with Gasteiger partial charge in [0, 0.05) is 30.6 Å². The highest BCUT2D eigenvalue weighted by molar-refractivity contribution is 5.89. The van der Waals surface area contributed by atoms with Crippen LogP contribution in [0.1, 0.15) is 61.9 Å². The molecule has 3 saturated heterocycles. The molecular weight excluding hydrogens is 354 g/mol. The predicted octanol–water partition coefficient (Wildman–Crippen LogP) is 1.28. The molecular formula is C21H31N5O2. The number of carbonyl (C=O) groups is 2. The molecule has 0 spiro atoms. The zero-order valence-corrected chi connectivity index (χ0v) is 16.5. The van der Waals surface area contributed by atoms with Crippen molar-refractivity contribution in [2.75, 3.05) is 13.1 Å². The molecule has 5 rings (SSSR count). The standard InChI is InChI=1S/C21H31N5O2/c27-19-8-4-7-18-13-9-14(11-22-10-13)20(26(18)19)21(28)23-12-17-15-5-2-1-3-6-16(15)24-25-17/h13-14,18,20,22H,1-12H2,(H,23,28)(H,24,25)/t13-,14+,18+,20-/m1/s1. The number of nitrogens with one attached hydrogen (secondary N) is 3. The lowest BCUT2D eigenvalue weighted by Gasteiger charge is -2.53. The van der Waals surface area contributed by atoms with E-state index < -0.39 is 0 Å². The highest BCUT2D eigenvalue weighted by atomic mass is 16.2. The quantitative estimate of drug-likeness (QED) is 0.684. The van der Waals surface area contributed by atoms with Crippen LogP contribution in [0.4, 0.5) is 0 Å². The molecule has 4 atom stereocenters. The summed E-state index contributed by atoms with van der Waals surface area (Å²) in [6, 6.07) is -0.109. The van der Waals surface area contributed by atoms with E-state index in [1.807, 2.05) is 4.90 Å². The van der Waals surface area contributed by atoms with Crippen LogP contribution in [0.3, 0.4) is 0 Å². The summed E-state index contributed by atoms with van der Waals surface area (Å²) in [4.78, 5) is 28.0. The van der Waals surface area contributed by atoms with Gasteiger partial charge in [-0.05, 0) is 63.0 Å². The summed E-state index contributed by atoms with van der Waals surface area (Å²) in [6.07, 6.45) is 9.37. The Morgan fingerprint density at radius 1 is 1.11 bits per heavy atom. The molecule has 0 saturated carbocycles. The average molecular weight is 386 g/mol. The Balaban J connectivity index is 1.32. The first kappa shape index (κ1) is 18.2. The normalized spacial score (nSPS) is 32.3. The number of aryl methyl sites for hydroxylation is 1. The second kappa shape index (κ2) is 7.50. The Kier molecular flexibility index (Phi) is 4.87. The van der Waals surface area contributed by atoms with Crippen LogP contribution in [-0.2, 0) is 29.0 Å². The number of aromatic nitrogens is 2. The monoisotopic (exact) mass is 385 g/mol. The van der Waals surface area contributed by atoms with E-state index in [9.17, 15) is 9.59 Å².